The van der Waals surface area contributed by atoms with Crippen LogP contribution in [0, 0.1) is 0 Å². The van der Waals surface area contributed by atoms with E-state index >= 15 is 0 Å². The van der Waals surface area contributed by atoms with Gasteiger partial charge in [-0.2, -0.15) is 0 Å². The Kier molecular flexibility index (Phi) is 18.8. The summed E-state index contributed by atoms with van der Waals surface area (Å²) in [5, 5.41) is 15.2. The highest BCUT2D eigenvalue weighted by Crippen LogP contribution is 2.45. The predicted octanol–water partition coefficient (Wildman–Crippen LogP) is 33.6. The van der Waals surface area contributed by atoms with Gasteiger partial charge in [-0.25, -0.2) is 0 Å². The van der Waals surface area contributed by atoms with Gasteiger partial charge < -0.3 is 27.4 Å². The van der Waals surface area contributed by atoms with E-state index in [2.05, 4.69) is 537 Å². The Labute approximate surface area is 763 Å². The number of fused-ring (bicyclic) bond motifs is 18. The van der Waals surface area contributed by atoms with Gasteiger partial charge >= 0.3 is 0 Å². The van der Waals surface area contributed by atoms with Crippen LogP contribution in [-0.4, -0.2) is 27.4 Å². The van der Waals surface area contributed by atoms with Crippen molar-refractivity contribution in [2.45, 2.75) is 0 Å². The first-order valence-corrected chi connectivity index (χ1v) is 45.3. The highest BCUT2D eigenvalue weighted by atomic mass is 15.0. The average Bonchev–Trinajstić information content (AvgIpc) is 1.68. The average molecular weight is 1680 g/mol. The van der Waals surface area contributed by atoms with E-state index in [0.717, 1.165) is 28.3 Å². The van der Waals surface area contributed by atoms with E-state index in [0.29, 0.717) is 0 Å². The fourth-order valence-electron chi connectivity index (χ4n) is 20.7. The number of aromatic nitrogens is 6. The molecule has 21 aromatic carbocycles. The fourth-order valence-corrected chi connectivity index (χ4v) is 20.7. The van der Waals surface area contributed by atoms with Gasteiger partial charge in [0.25, 0.3) is 0 Å². The van der Waals surface area contributed by atoms with Crippen LogP contribution in [0.1, 0.15) is 0 Å². The molecule has 0 saturated carbocycles. The Morgan fingerprint density at radius 2 is 0.235 bits per heavy atom. The summed E-state index contributed by atoms with van der Waals surface area (Å²) in [7, 11) is 0. The van der Waals surface area contributed by atoms with Crippen LogP contribution >= 0.6 is 0 Å². The molecule has 618 valence electrons. The smallest absolute Gasteiger partial charge is 0.0541 e. The molecular weight excluding hydrogens is 1600 g/mol. The zero-order valence-electron chi connectivity index (χ0n) is 72.2. The van der Waals surface area contributed by atoms with Crippen LogP contribution < -0.4 is 0 Å². The molecule has 6 aromatic heterocycles. The minimum absolute atomic E-state index is 1.13. The number of hydrogen-bond acceptors (Lipinski definition) is 0. The summed E-state index contributed by atoms with van der Waals surface area (Å²) in [4.78, 5) is 0. The lowest BCUT2D eigenvalue weighted by Crippen LogP contribution is -2.00. The SMILES string of the molecule is c1cc(-n2c3ccccc3c3ccccc32)cc(-n2c3ccccc3c3ccccc32)c1.c1ccc(-c2cc(-c3ccc(-n4c5ccccc5c5ccccc54)cc3)cc(-c3ccc(-n4c5ccccc5c5ccccc54)cc3)c2)cc1.c1ccc(-c2cc(-c3ccccc3)cc(-c3cc(-n4c5ccccc5c5ccccc54)cc(-n4c5ccccc5c5ccccc54)c3)c2)cc1. The van der Waals surface area contributed by atoms with Crippen molar-refractivity contribution in [1.82, 2.24) is 27.4 Å². The second-order valence-electron chi connectivity index (χ2n) is 34.3. The largest absolute Gasteiger partial charge is 0.309 e. The third-order valence-corrected chi connectivity index (χ3v) is 26.7. The maximum atomic E-state index is 2.44. The van der Waals surface area contributed by atoms with E-state index in [1.54, 1.807) is 0 Å². The fraction of sp³-hybridized carbons (Fsp3) is 0. The van der Waals surface area contributed by atoms with Crippen LogP contribution in [0.15, 0.2) is 510 Å². The zero-order chi connectivity index (χ0) is 87.1. The molecule has 27 rings (SSSR count). The van der Waals surface area contributed by atoms with E-state index in [-0.39, 0.29) is 0 Å². The first kappa shape index (κ1) is 76.8. The van der Waals surface area contributed by atoms with Crippen LogP contribution in [0.25, 0.3) is 232 Å². The summed E-state index contributed by atoms with van der Waals surface area (Å²) in [6.07, 6.45) is 0. The topological polar surface area (TPSA) is 29.6 Å². The normalized spacial score (nSPS) is 11.6. The minimum Gasteiger partial charge on any atom is -0.309 e. The second kappa shape index (κ2) is 32.4. The lowest BCUT2D eigenvalue weighted by molar-refractivity contribution is 1.13. The summed E-state index contributed by atoms with van der Waals surface area (Å²) in [6.45, 7) is 0. The molecule has 0 saturated heterocycles. The van der Waals surface area contributed by atoms with Gasteiger partial charge in [0, 0.05) is 98.8 Å². The molecule has 0 aliphatic heterocycles. The molecule has 0 amide bonds. The van der Waals surface area contributed by atoms with Crippen molar-refractivity contribution in [1.29, 1.82) is 0 Å². The van der Waals surface area contributed by atoms with Crippen molar-refractivity contribution in [2.24, 2.45) is 0 Å². The number of para-hydroxylation sites is 12. The van der Waals surface area contributed by atoms with E-state index in [1.165, 1.54) is 203 Å². The quantitative estimate of drug-likeness (QED) is 0.117. The van der Waals surface area contributed by atoms with Gasteiger partial charge in [0.2, 0.25) is 0 Å². The lowest BCUT2D eigenvalue weighted by atomic mass is 9.93. The van der Waals surface area contributed by atoms with Crippen LogP contribution in [0.2, 0.25) is 0 Å². The Morgan fingerprint density at radius 1 is 0.0833 bits per heavy atom. The maximum Gasteiger partial charge on any atom is 0.0541 e. The summed E-state index contributed by atoms with van der Waals surface area (Å²) < 4.78 is 14.4. The summed E-state index contributed by atoms with van der Waals surface area (Å²) in [5.41, 5.74) is 35.8. The number of hydrogen-bond donors (Lipinski definition) is 0. The molecule has 0 aliphatic rings. The van der Waals surface area contributed by atoms with Crippen molar-refractivity contribution in [3.63, 3.8) is 0 Å². The van der Waals surface area contributed by atoms with Crippen molar-refractivity contribution in [2.75, 3.05) is 0 Å². The maximum absolute atomic E-state index is 2.44. The van der Waals surface area contributed by atoms with Crippen molar-refractivity contribution < 1.29 is 0 Å². The predicted molar refractivity (Wildman–Crippen MR) is 558 cm³/mol. The first-order valence-electron chi connectivity index (χ1n) is 45.3. The molecule has 0 aliphatic carbocycles. The van der Waals surface area contributed by atoms with E-state index in [4.69, 9.17) is 0 Å². The minimum atomic E-state index is 1.13. The molecule has 6 heteroatoms. The van der Waals surface area contributed by atoms with Crippen LogP contribution in [0.5, 0.6) is 0 Å². The summed E-state index contributed by atoms with van der Waals surface area (Å²) in [5.74, 6) is 0. The lowest BCUT2D eigenvalue weighted by Gasteiger charge is -2.17. The summed E-state index contributed by atoms with van der Waals surface area (Å²) >= 11 is 0. The third kappa shape index (κ3) is 13.3. The number of nitrogens with zero attached hydrogens (tertiary/aromatic N) is 6. The Morgan fingerprint density at radius 3 is 0.447 bits per heavy atom. The van der Waals surface area contributed by atoms with Crippen molar-refractivity contribution in [3.05, 3.63) is 510 Å². The molecule has 0 unspecified atom stereocenters. The van der Waals surface area contributed by atoms with E-state index in [9.17, 15) is 0 Å². The molecule has 0 spiro atoms. The molecule has 6 nitrogen and oxygen atoms in total. The molecule has 0 atom stereocenters. The number of rotatable bonds is 12. The summed E-state index contributed by atoms with van der Waals surface area (Å²) in [6, 6.07) is 185. The third-order valence-electron chi connectivity index (χ3n) is 26.7. The molecule has 0 radical (unpaired) electrons. The highest BCUT2D eigenvalue weighted by Gasteiger charge is 2.23. The highest BCUT2D eigenvalue weighted by molar-refractivity contribution is 6.15. The van der Waals surface area contributed by atoms with Gasteiger partial charge in [0.1, 0.15) is 0 Å². The second-order valence-corrected chi connectivity index (χ2v) is 34.3. The van der Waals surface area contributed by atoms with Gasteiger partial charge in [-0.1, -0.05) is 340 Å². The number of benzene rings is 21. The van der Waals surface area contributed by atoms with Crippen LogP contribution in [-0.2, 0) is 0 Å². The first-order chi connectivity index (χ1) is 65.5. The Balaban J connectivity index is 0.000000109. The van der Waals surface area contributed by atoms with Gasteiger partial charge in [-0.15, -0.1) is 0 Å². The molecule has 6 heterocycles. The van der Waals surface area contributed by atoms with Gasteiger partial charge in [0.05, 0.1) is 66.2 Å². The molecule has 0 fully saturated rings. The van der Waals surface area contributed by atoms with Gasteiger partial charge in [0.15, 0.2) is 0 Å². The molecule has 0 N–H and O–H groups in total. The van der Waals surface area contributed by atoms with Crippen molar-refractivity contribution >= 4 is 131 Å². The molecule has 27 aromatic rings. The molecule has 132 heavy (non-hydrogen) atoms. The molecule has 0 bridgehead atoms. The monoisotopic (exact) mass is 1680 g/mol. The Bertz CT molecular complexity index is 8320. The van der Waals surface area contributed by atoms with Gasteiger partial charge in [-0.05, 0) is 237 Å². The van der Waals surface area contributed by atoms with Gasteiger partial charge in [-0.3, -0.25) is 0 Å². The van der Waals surface area contributed by atoms with Crippen molar-refractivity contribution in [3.8, 4) is 101 Å². The van der Waals surface area contributed by atoms with Crippen LogP contribution in [0.4, 0.5) is 0 Å². The zero-order valence-corrected chi connectivity index (χ0v) is 72.2. The van der Waals surface area contributed by atoms with Crippen LogP contribution in [0.3, 0.4) is 0 Å². The standard InChI is InChI=1S/2C48H32N2.C30H20N2/c1-3-15-33(16-4-1)35-27-36(34-17-5-2-6-18-34)29-37(28-35)38-30-39(49-45-23-11-7-19-41(45)42-20-8-12-24-46(42)49)32-40(31-38)50-47-25-13-9-21-43(47)44-22-10-14-26-48(44)50;1-2-12-33(13-3-1)36-30-37(34-22-26-39(27-23-34)49-45-18-8-4-14-41(45)42-15-5-9-19-46(42)49)32-38(31-36)35-24-28-40(29-25-35)50-47-20-10-6-16-43(47)44-17-7-11-21-48(44)50;1-5-16-27-23(12-1)24-13-2-6-17-28(24)31(27)21-10-9-11-22(20-21)32-29-18-7-3-14-25(29)26-15-4-8-19-30(26)32/h2*1-32H;1-20H. The van der Waals surface area contributed by atoms with E-state index in [1.807, 2.05) is 0 Å². The van der Waals surface area contributed by atoms with E-state index < -0.39 is 0 Å². The Hall–Kier alpha value is -17.6. The molecular formula is C126H84N6.